The molecule has 0 fully saturated rings. The Morgan fingerprint density at radius 3 is 1.44 bits per heavy atom. The molecule has 0 amide bonds. The van der Waals surface area contributed by atoms with Crippen LogP contribution in [-0.2, 0) is 0 Å². The van der Waals surface area contributed by atoms with E-state index in [4.69, 9.17) is 0 Å². The van der Waals surface area contributed by atoms with E-state index in [2.05, 4.69) is 177 Å². The van der Waals surface area contributed by atoms with Gasteiger partial charge in [0.1, 0.15) is 0 Å². The van der Waals surface area contributed by atoms with Crippen molar-refractivity contribution < 1.29 is 0 Å². The molecule has 7 rings (SSSR count). The van der Waals surface area contributed by atoms with E-state index in [1.807, 2.05) is 0 Å². The van der Waals surface area contributed by atoms with Gasteiger partial charge in [-0.15, -0.1) is 5.73 Å². The molecule has 210 valence electrons. The molecular weight excluding hydrogens is 520 g/mol. The monoisotopic (exact) mass is 556 g/mol. The first-order valence-corrected chi connectivity index (χ1v) is 15.1. The molecule has 2 aliphatic rings. The smallest absolute Gasteiger partial charge is 0.0708 e. The summed E-state index contributed by atoms with van der Waals surface area (Å²) in [5, 5.41) is 0. The molecule has 2 heteroatoms. The van der Waals surface area contributed by atoms with E-state index < -0.39 is 0 Å². The number of fused-ring (bicyclic) bond motifs is 2. The summed E-state index contributed by atoms with van der Waals surface area (Å²) >= 11 is 0. The van der Waals surface area contributed by atoms with Crippen molar-refractivity contribution in [1.82, 2.24) is 0 Å². The Hall–Kier alpha value is -5.04. The van der Waals surface area contributed by atoms with Crippen molar-refractivity contribution in [2.24, 2.45) is 5.92 Å². The molecule has 0 saturated heterocycles. The number of rotatable bonds is 6. The van der Waals surface area contributed by atoms with E-state index in [0.29, 0.717) is 0 Å². The lowest BCUT2D eigenvalue weighted by molar-refractivity contribution is 0.579. The van der Waals surface area contributed by atoms with Crippen molar-refractivity contribution >= 4 is 28.4 Å². The van der Waals surface area contributed by atoms with Crippen LogP contribution in [0.2, 0.25) is 0 Å². The lowest BCUT2D eigenvalue weighted by Crippen LogP contribution is -2.35. The molecule has 2 aliphatic carbocycles. The van der Waals surface area contributed by atoms with Gasteiger partial charge in [0, 0.05) is 34.2 Å². The first kappa shape index (κ1) is 26.8. The number of hydrogen-bond acceptors (Lipinski definition) is 2. The Morgan fingerprint density at radius 1 is 0.512 bits per heavy atom. The average Bonchev–Trinajstić information content (AvgIpc) is 3.51. The molecule has 0 aliphatic heterocycles. The molecule has 5 aromatic carbocycles. The summed E-state index contributed by atoms with van der Waals surface area (Å²) in [6.45, 7) is 8.59. The fourth-order valence-corrected chi connectivity index (χ4v) is 6.46. The minimum atomic E-state index is 0.0597. The van der Waals surface area contributed by atoms with E-state index >= 15 is 0 Å². The zero-order chi connectivity index (χ0) is 29.5. The number of hydrogen-bond donors (Lipinski definition) is 0. The van der Waals surface area contributed by atoms with Gasteiger partial charge >= 0.3 is 0 Å². The van der Waals surface area contributed by atoms with Crippen LogP contribution in [0.25, 0.3) is 5.70 Å². The predicted molar refractivity (Wildman–Crippen MR) is 181 cm³/mol. The molecular formula is C41H36N2. The molecule has 2 nitrogen and oxygen atoms in total. The summed E-state index contributed by atoms with van der Waals surface area (Å²) in [5.74, 6) is 0.117. The summed E-state index contributed by atoms with van der Waals surface area (Å²) in [6, 6.07) is 44.7. The number of benzene rings is 5. The second-order valence-corrected chi connectivity index (χ2v) is 11.9. The Balaban J connectivity index is 1.47. The van der Waals surface area contributed by atoms with Crippen LogP contribution in [0.15, 0.2) is 145 Å². The summed E-state index contributed by atoms with van der Waals surface area (Å²) < 4.78 is 0. The normalized spacial score (nSPS) is 16.7. The van der Waals surface area contributed by atoms with Gasteiger partial charge in [-0.25, -0.2) is 0 Å². The van der Waals surface area contributed by atoms with Crippen LogP contribution in [0.4, 0.5) is 22.7 Å². The topological polar surface area (TPSA) is 6.48 Å². The second-order valence-electron chi connectivity index (χ2n) is 11.9. The van der Waals surface area contributed by atoms with Crippen LogP contribution in [0, 0.1) is 33.6 Å². The lowest BCUT2D eigenvalue weighted by atomic mass is 9.77. The highest BCUT2D eigenvalue weighted by Crippen LogP contribution is 2.53. The number of aryl methyl sites for hydroxylation is 4. The fraction of sp³-hybridized carbons (Fsp3) is 0.146. The first-order chi connectivity index (χ1) is 21.0. The Morgan fingerprint density at radius 2 is 0.953 bits per heavy atom. The highest BCUT2D eigenvalue weighted by Gasteiger charge is 2.41. The Bertz CT molecular complexity index is 1780. The van der Waals surface area contributed by atoms with Crippen molar-refractivity contribution in [1.29, 1.82) is 0 Å². The largest absolute Gasteiger partial charge is 0.333 e. The Labute approximate surface area is 255 Å². The fourth-order valence-electron chi connectivity index (χ4n) is 6.46. The third-order valence-electron chi connectivity index (χ3n) is 8.73. The second kappa shape index (κ2) is 11.0. The van der Waals surface area contributed by atoms with Crippen molar-refractivity contribution in [3.05, 3.63) is 178 Å². The van der Waals surface area contributed by atoms with E-state index in [-0.39, 0.29) is 12.0 Å². The van der Waals surface area contributed by atoms with Gasteiger partial charge < -0.3 is 9.80 Å². The summed E-state index contributed by atoms with van der Waals surface area (Å²) in [4.78, 5) is 4.97. The molecule has 0 N–H and O–H groups in total. The molecule has 0 heterocycles. The van der Waals surface area contributed by atoms with Crippen LogP contribution in [0.3, 0.4) is 0 Å². The van der Waals surface area contributed by atoms with Crippen LogP contribution >= 0.6 is 0 Å². The molecule has 0 aromatic heterocycles. The molecule has 43 heavy (non-hydrogen) atoms. The third-order valence-corrected chi connectivity index (χ3v) is 8.73. The standard InChI is InChI=1S/C41H36N2/c1-28-12-20-32(21-13-28)42(33-22-14-29(2)15-23-33)40-36-8-5-6-9-37(36)41(39-11-7-10-38(39)40)43(34-24-16-30(3)17-25-34)35-26-18-31(4)19-27-35/h5-6,8-27,38,40H,1-4H3. The van der Waals surface area contributed by atoms with Crippen molar-refractivity contribution in [2.75, 3.05) is 9.80 Å². The van der Waals surface area contributed by atoms with Gasteiger partial charge in [-0.1, -0.05) is 95.1 Å². The third kappa shape index (κ3) is 4.91. The van der Waals surface area contributed by atoms with Crippen molar-refractivity contribution in [3.8, 4) is 0 Å². The first-order valence-electron chi connectivity index (χ1n) is 15.1. The van der Waals surface area contributed by atoms with Gasteiger partial charge in [-0.05, 0) is 99.5 Å². The van der Waals surface area contributed by atoms with E-state index in [1.165, 1.54) is 56.0 Å². The Kier molecular flexibility index (Phi) is 6.86. The number of anilines is 4. The van der Waals surface area contributed by atoms with Crippen LogP contribution in [0.5, 0.6) is 0 Å². The summed E-state index contributed by atoms with van der Waals surface area (Å²) in [7, 11) is 0. The molecule has 5 aromatic rings. The average molecular weight is 557 g/mol. The van der Waals surface area contributed by atoms with E-state index in [1.54, 1.807) is 0 Å². The van der Waals surface area contributed by atoms with Gasteiger partial charge in [-0.3, -0.25) is 0 Å². The maximum Gasteiger partial charge on any atom is 0.0708 e. The summed E-state index contributed by atoms with van der Waals surface area (Å²) in [5.41, 5.74) is 18.3. The zero-order valence-corrected chi connectivity index (χ0v) is 25.3. The molecule has 0 saturated carbocycles. The maximum atomic E-state index is 3.55. The predicted octanol–water partition coefficient (Wildman–Crippen LogP) is 10.7. The minimum Gasteiger partial charge on any atom is -0.333 e. The maximum absolute atomic E-state index is 3.55. The van der Waals surface area contributed by atoms with Crippen molar-refractivity contribution in [3.63, 3.8) is 0 Å². The minimum absolute atomic E-state index is 0.0597. The lowest BCUT2D eigenvalue weighted by Gasteiger charge is -2.44. The van der Waals surface area contributed by atoms with Crippen LogP contribution in [0.1, 0.15) is 39.4 Å². The van der Waals surface area contributed by atoms with Crippen LogP contribution in [-0.4, -0.2) is 0 Å². The SMILES string of the molecule is Cc1ccc(N(C2=C3C=C=CC3C(N(c3ccc(C)cc3)c3ccc(C)cc3)c3ccccc32)c2ccc(C)cc2)cc1. The molecule has 0 bridgehead atoms. The van der Waals surface area contributed by atoms with Gasteiger partial charge in [0.05, 0.1) is 11.7 Å². The molecule has 2 atom stereocenters. The summed E-state index contributed by atoms with van der Waals surface area (Å²) in [6.07, 6.45) is 4.48. The number of nitrogens with zero attached hydrogens (tertiary/aromatic N) is 2. The zero-order valence-electron chi connectivity index (χ0n) is 25.3. The van der Waals surface area contributed by atoms with E-state index in [0.717, 1.165) is 11.4 Å². The highest BCUT2D eigenvalue weighted by molar-refractivity contribution is 5.94. The van der Waals surface area contributed by atoms with Gasteiger partial charge in [0.2, 0.25) is 0 Å². The van der Waals surface area contributed by atoms with Crippen molar-refractivity contribution in [2.45, 2.75) is 33.7 Å². The van der Waals surface area contributed by atoms with Gasteiger partial charge in [0.25, 0.3) is 0 Å². The van der Waals surface area contributed by atoms with Gasteiger partial charge in [0.15, 0.2) is 0 Å². The van der Waals surface area contributed by atoms with E-state index in [9.17, 15) is 0 Å². The molecule has 2 unspecified atom stereocenters. The molecule has 0 spiro atoms. The quantitative estimate of drug-likeness (QED) is 0.192. The molecule has 0 radical (unpaired) electrons. The van der Waals surface area contributed by atoms with Gasteiger partial charge in [-0.2, -0.15) is 0 Å². The highest BCUT2D eigenvalue weighted by atomic mass is 15.2. The van der Waals surface area contributed by atoms with Crippen LogP contribution < -0.4 is 9.80 Å².